The quantitative estimate of drug-likeness (QED) is 0.841. The third-order valence-electron chi connectivity index (χ3n) is 4.76. The number of nitrogens with one attached hydrogen (secondary N) is 1. The third-order valence-corrected chi connectivity index (χ3v) is 6.05. The Kier molecular flexibility index (Phi) is 4.14. The van der Waals surface area contributed by atoms with Crippen LogP contribution in [0.5, 0.6) is 0 Å². The molecule has 0 saturated carbocycles. The second-order valence-electron chi connectivity index (χ2n) is 6.99. The minimum absolute atomic E-state index is 0.00961. The van der Waals surface area contributed by atoms with Gasteiger partial charge in [-0.3, -0.25) is 0 Å². The number of benzene rings is 2. The van der Waals surface area contributed by atoms with E-state index in [0.717, 1.165) is 22.7 Å². The van der Waals surface area contributed by atoms with Crippen LogP contribution in [-0.4, -0.2) is 8.42 Å². The molecule has 24 heavy (non-hydrogen) atoms. The number of rotatable bonds is 2. The van der Waals surface area contributed by atoms with Gasteiger partial charge in [0.2, 0.25) is 10.0 Å². The molecule has 0 saturated heterocycles. The Labute approximate surface area is 148 Å². The van der Waals surface area contributed by atoms with E-state index in [2.05, 4.69) is 19.2 Å². The Morgan fingerprint density at radius 3 is 2.62 bits per heavy atom. The number of hydrogen-bond donors (Lipinski definition) is 2. The van der Waals surface area contributed by atoms with Crippen molar-refractivity contribution in [2.45, 2.75) is 43.5 Å². The normalized spacial score (nSPS) is 19.5. The molecule has 0 fully saturated rings. The summed E-state index contributed by atoms with van der Waals surface area (Å²) in [6.45, 7) is 6.16. The average molecular weight is 365 g/mol. The van der Waals surface area contributed by atoms with E-state index < -0.39 is 10.0 Å². The molecule has 3 rings (SSSR count). The van der Waals surface area contributed by atoms with Crippen molar-refractivity contribution in [3.8, 4) is 0 Å². The van der Waals surface area contributed by atoms with Gasteiger partial charge < -0.3 is 5.32 Å². The lowest BCUT2D eigenvalue weighted by Crippen LogP contribution is -2.31. The molecule has 0 spiro atoms. The fourth-order valence-electron chi connectivity index (χ4n) is 3.57. The first-order valence-corrected chi connectivity index (χ1v) is 9.71. The summed E-state index contributed by atoms with van der Waals surface area (Å²) in [7, 11) is -3.73. The summed E-state index contributed by atoms with van der Waals surface area (Å²) in [5.41, 5.74) is 3.77. The van der Waals surface area contributed by atoms with E-state index in [0.29, 0.717) is 5.56 Å². The highest BCUT2D eigenvalue weighted by molar-refractivity contribution is 7.89. The number of primary sulfonamides is 1. The molecule has 1 unspecified atom stereocenters. The van der Waals surface area contributed by atoms with Crippen molar-refractivity contribution in [3.63, 3.8) is 0 Å². The lowest BCUT2D eigenvalue weighted by molar-refractivity contribution is 0.426. The summed E-state index contributed by atoms with van der Waals surface area (Å²) in [6, 6.07) is 11.1. The molecule has 4 nitrogen and oxygen atoms in total. The van der Waals surface area contributed by atoms with Gasteiger partial charge >= 0.3 is 0 Å². The van der Waals surface area contributed by atoms with E-state index in [-0.39, 0.29) is 16.4 Å². The minimum Gasteiger partial charge on any atom is -0.378 e. The topological polar surface area (TPSA) is 72.2 Å². The first kappa shape index (κ1) is 17.3. The highest BCUT2D eigenvalue weighted by atomic mass is 35.5. The van der Waals surface area contributed by atoms with Gasteiger partial charge in [-0.15, -0.1) is 0 Å². The predicted octanol–water partition coefficient (Wildman–Crippen LogP) is 4.13. The van der Waals surface area contributed by atoms with Crippen molar-refractivity contribution in [3.05, 3.63) is 58.1 Å². The van der Waals surface area contributed by atoms with Crippen LogP contribution in [0.2, 0.25) is 5.02 Å². The minimum atomic E-state index is -3.73. The Bertz CT molecular complexity index is 907. The average Bonchev–Trinajstić information content (AvgIpc) is 2.46. The molecular weight excluding hydrogens is 344 g/mol. The van der Waals surface area contributed by atoms with Crippen LogP contribution in [0.15, 0.2) is 41.3 Å². The Morgan fingerprint density at radius 1 is 1.25 bits per heavy atom. The van der Waals surface area contributed by atoms with E-state index in [1.807, 2.05) is 24.3 Å². The zero-order chi connectivity index (χ0) is 17.7. The van der Waals surface area contributed by atoms with Crippen LogP contribution in [0.3, 0.4) is 0 Å². The van der Waals surface area contributed by atoms with Gasteiger partial charge in [-0.25, -0.2) is 13.6 Å². The second kappa shape index (κ2) is 5.76. The van der Waals surface area contributed by atoms with Crippen LogP contribution >= 0.6 is 11.6 Å². The predicted molar refractivity (Wildman–Crippen MR) is 98.0 cm³/mol. The summed E-state index contributed by atoms with van der Waals surface area (Å²) in [6.07, 6.45) is 0.829. The highest BCUT2D eigenvalue weighted by Gasteiger charge is 2.34. The van der Waals surface area contributed by atoms with Gasteiger partial charge in [0.25, 0.3) is 0 Å². The first-order valence-electron chi connectivity index (χ1n) is 7.78. The number of sulfonamides is 1. The van der Waals surface area contributed by atoms with E-state index >= 15 is 0 Å². The number of anilines is 1. The first-order chi connectivity index (χ1) is 11.1. The fraction of sp³-hybridized carbons (Fsp3) is 0.333. The van der Waals surface area contributed by atoms with Crippen molar-refractivity contribution in [1.29, 1.82) is 0 Å². The SMILES string of the molecule is Cc1c(C2CC(C)(C)c3cc(Cl)ccc3N2)cccc1S(N)(=O)=O. The molecule has 0 bridgehead atoms. The standard InChI is InChI=1S/C18H21ClN2O2S/c1-11-13(5-4-6-17(11)24(20,22)23)16-10-18(2,3)14-9-12(19)7-8-15(14)21-16/h4-9,16,21H,10H2,1-3H3,(H2,20,22,23). The van der Waals surface area contributed by atoms with Gasteiger partial charge in [-0.1, -0.05) is 37.6 Å². The summed E-state index contributed by atoms with van der Waals surface area (Å²) in [5, 5.41) is 9.58. The zero-order valence-corrected chi connectivity index (χ0v) is 15.5. The van der Waals surface area contributed by atoms with Crippen LogP contribution in [-0.2, 0) is 15.4 Å². The molecule has 0 amide bonds. The van der Waals surface area contributed by atoms with Crippen LogP contribution in [0.1, 0.15) is 43.0 Å². The lowest BCUT2D eigenvalue weighted by Gasteiger charge is -2.39. The monoisotopic (exact) mass is 364 g/mol. The summed E-state index contributed by atoms with van der Waals surface area (Å²) >= 11 is 6.15. The lowest BCUT2D eigenvalue weighted by atomic mass is 9.73. The van der Waals surface area contributed by atoms with E-state index in [1.54, 1.807) is 19.1 Å². The number of nitrogens with two attached hydrogens (primary N) is 1. The molecule has 128 valence electrons. The smallest absolute Gasteiger partial charge is 0.238 e. The maximum absolute atomic E-state index is 11.8. The summed E-state index contributed by atoms with van der Waals surface area (Å²) < 4.78 is 23.6. The maximum Gasteiger partial charge on any atom is 0.238 e. The number of halogens is 1. The van der Waals surface area contributed by atoms with Gasteiger partial charge in [0, 0.05) is 10.7 Å². The number of fused-ring (bicyclic) bond motifs is 1. The molecule has 3 N–H and O–H groups in total. The highest BCUT2D eigenvalue weighted by Crippen LogP contribution is 2.45. The van der Waals surface area contributed by atoms with Crippen LogP contribution in [0.4, 0.5) is 5.69 Å². The van der Waals surface area contributed by atoms with E-state index in [4.69, 9.17) is 16.7 Å². The number of hydrogen-bond acceptors (Lipinski definition) is 3. The van der Waals surface area contributed by atoms with Crippen molar-refractivity contribution in [2.75, 3.05) is 5.32 Å². The summed E-state index contributed by atoms with van der Waals surface area (Å²) in [4.78, 5) is 0.182. The molecule has 1 heterocycles. The van der Waals surface area contributed by atoms with Gasteiger partial charge in [-0.2, -0.15) is 0 Å². The van der Waals surface area contributed by atoms with Crippen molar-refractivity contribution in [2.24, 2.45) is 5.14 Å². The summed E-state index contributed by atoms with van der Waals surface area (Å²) in [5.74, 6) is 0. The Morgan fingerprint density at radius 2 is 1.96 bits per heavy atom. The third kappa shape index (κ3) is 3.04. The van der Waals surface area contributed by atoms with Crippen molar-refractivity contribution >= 4 is 27.3 Å². The van der Waals surface area contributed by atoms with Crippen molar-refractivity contribution in [1.82, 2.24) is 0 Å². The molecule has 1 aliphatic heterocycles. The largest absolute Gasteiger partial charge is 0.378 e. The molecule has 1 aliphatic rings. The van der Waals surface area contributed by atoms with E-state index in [1.165, 1.54) is 5.56 Å². The molecule has 2 aromatic carbocycles. The Balaban J connectivity index is 2.09. The molecule has 0 aromatic heterocycles. The maximum atomic E-state index is 11.8. The van der Waals surface area contributed by atoms with Gasteiger partial charge in [-0.05, 0) is 59.7 Å². The van der Waals surface area contributed by atoms with Crippen LogP contribution in [0.25, 0.3) is 0 Å². The van der Waals surface area contributed by atoms with Crippen LogP contribution in [0, 0.1) is 6.92 Å². The van der Waals surface area contributed by atoms with Gasteiger partial charge in [0.05, 0.1) is 10.9 Å². The second-order valence-corrected chi connectivity index (χ2v) is 8.96. The van der Waals surface area contributed by atoms with Crippen LogP contribution < -0.4 is 10.5 Å². The van der Waals surface area contributed by atoms with Gasteiger partial charge in [0.1, 0.15) is 0 Å². The van der Waals surface area contributed by atoms with E-state index in [9.17, 15) is 8.42 Å². The van der Waals surface area contributed by atoms with Gasteiger partial charge in [0.15, 0.2) is 0 Å². The molecule has 6 heteroatoms. The molecule has 2 aromatic rings. The zero-order valence-electron chi connectivity index (χ0n) is 13.9. The van der Waals surface area contributed by atoms with Crippen molar-refractivity contribution < 1.29 is 8.42 Å². The molecule has 1 atom stereocenters. The molecular formula is C18H21ClN2O2S. The fourth-order valence-corrected chi connectivity index (χ4v) is 4.55. The molecule has 0 aliphatic carbocycles. The molecule has 0 radical (unpaired) electrons. The Hall–Kier alpha value is -1.56.